The minimum atomic E-state index is -0.0732. The number of nitrogens with zero attached hydrogens (tertiary/aromatic N) is 3. The van der Waals surface area contributed by atoms with Gasteiger partial charge in [0.15, 0.2) is 0 Å². The van der Waals surface area contributed by atoms with Crippen molar-refractivity contribution in [2.75, 3.05) is 43.9 Å². The molecule has 0 spiro atoms. The summed E-state index contributed by atoms with van der Waals surface area (Å²) in [7, 11) is 1.87. The second-order valence-electron chi connectivity index (χ2n) is 8.49. The van der Waals surface area contributed by atoms with Gasteiger partial charge >= 0.3 is 0 Å². The average molecular weight is 464 g/mol. The molecule has 2 aromatic rings. The van der Waals surface area contributed by atoms with Crippen LogP contribution in [0.1, 0.15) is 42.6 Å². The number of carbonyl (C=O) groups is 1. The van der Waals surface area contributed by atoms with Gasteiger partial charge in [0.25, 0.3) is 5.91 Å². The number of aryl methyl sites for hydroxylation is 1. The maximum absolute atomic E-state index is 12.4. The molecule has 1 fully saturated rings. The summed E-state index contributed by atoms with van der Waals surface area (Å²) in [5.41, 5.74) is 3.48. The molecule has 0 bridgehead atoms. The fourth-order valence-corrected chi connectivity index (χ4v) is 3.49. The number of anilines is 3. The number of aromatic nitrogens is 2. The van der Waals surface area contributed by atoms with Crippen LogP contribution in [0.15, 0.2) is 54.5 Å². The van der Waals surface area contributed by atoms with Gasteiger partial charge in [0, 0.05) is 43.1 Å². The lowest BCUT2D eigenvalue weighted by molar-refractivity contribution is 0.0949. The number of allylic oxidation sites excluding steroid dienone is 2. The Labute approximate surface area is 203 Å². The highest BCUT2D eigenvalue weighted by atomic mass is 16.1. The first-order valence-corrected chi connectivity index (χ1v) is 12.0. The number of benzene rings is 1. The lowest BCUT2D eigenvalue weighted by Gasteiger charge is -2.18. The van der Waals surface area contributed by atoms with Gasteiger partial charge in [-0.1, -0.05) is 20.4 Å². The average Bonchev–Trinajstić information content (AvgIpc) is 3.69. The second-order valence-corrected chi connectivity index (χ2v) is 8.49. The summed E-state index contributed by atoms with van der Waals surface area (Å²) in [6.45, 7) is 13.8. The minimum Gasteiger partial charge on any atom is -0.375 e. The van der Waals surface area contributed by atoms with Crippen LogP contribution in [0.3, 0.4) is 0 Å². The van der Waals surface area contributed by atoms with Gasteiger partial charge in [0.1, 0.15) is 11.6 Å². The van der Waals surface area contributed by atoms with E-state index in [0.717, 1.165) is 42.3 Å². The predicted octanol–water partition coefficient (Wildman–Crippen LogP) is 4.04. The monoisotopic (exact) mass is 463 g/mol. The Balaban J connectivity index is 1.60. The molecular formula is C26H37N7O. The van der Waals surface area contributed by atoms with Crippen LogP contribution in [0.25, 0.3) is 0 Å². The van der Waals surface area contributed by atoms with Gasteiger partial charge in [-0.25, -0.2) is 4.98 Å². The van der Waals surface area contributed by atoms with Gasteiger partial charge in [-0.2, -0.15) is 4.98 Å². The standard InChI is InChI=1S/C26H37N7O/c1-6-33(7-2)15-14-28-25(34)21-10-12-22(13-11-21)30-26-29-17-19(4)24(32-26)31-23(27-5)16-18(3)20-8-9-20/h10-13,16-17,20,27H,3,6-9,14-15H2,1-2,4-5H3,(H,28,34)(H2,29,30,31,32)/b23-16+. The van der Waals surface area contributed by atoms with Gasteiger partial charge in [-0.3, -0.25) is 4.79 Å². The van der Waals surface area contributed by atoms with Crippen molar-refractivity contribution >= 4 is 23.4 Å². The summed E-state index contributed by atoms with van der Waals surface area (Å²) >= 11 is 0. The lowest BCUT2D eigenvalue weighted by Crippen LogP contribution is -2.34. The summed E-state index contributed by atoms with van der Waals surface area (Å²) < 4.78 is 0. The maximum atomic E-state index is 12.4. The number of hydrogen-bond donors (Lipinski definition) is 4. The molecule has 8 heteroatoms. The van der Waals surface area contributed by atoms with Gasteiger partial charge in [0.2, 0.25) is 5.95 Å². The highest BCUT2D eigenvalue weighted by Gasteiger charge is 2.23. The first kappa shape index (κ1) is 25.2. The van der Waals surface area contributed by atoms with Gasteiger partial charge in [0.05, 0.1) is 0 Å². The summed E-state index contributed by atoms with van der Waals surface area (Å²) in [5, 5.41) is 12.7. The fourth-order valence-electron chi connectivity index (χ4n) is 3.49. The van der Waals surface area contributed by atoms with E-state index in [1.807, 2.05) is 32.2 Å². The molecular weight excluding hydrogens is 426 g/mol. The number of nitrogens with one attached hydrogen (secondary N) is 4. The molecule has 1 amide bonds. The highest BCUT2D eigenvalue weighted by molar-refractivity contribution is 5.94. The molecule has 0 unspecified atom stereocenters. The quantitative estimate of drug-likeness (QED) is 0.333. The van der Waals surface area contributed by atoms with Crippen molar-refractivity contribution < 1.29 is 4.79 Å². The summed E-state index contributed by atoms with van der Waals surface area (Å²) in [5.74, 6) is 2.56. The molecule has 1 aliphatic carbocycles. The number of likely N-dealkylation sites (N-methyl/N-ethyl adjacent to an activating group) is 1. The summed E-state index contributed by atoms with van der Waals surface area (Å²) in [4.78, 5) is 23.7. The molecule has 0 saturated heterocycles. The third-order valence-corrected chi connectivity index (χ3v) is 5.94. The van der Waals surface area contributed by atoms with Crippen molar-refractivity contribution in [1.82, 2.24) is 25.5 Å². The molecule has 4 N–H and O–H groups in total. The first-order chi connectivity index (χ1) is 16.4. The van der Waals surface area contributed by atoms with Crippen LogP contribution in [-0.2, 0) is 0 Å². The molecule has 8 nitrogen and oxygen atoms in total. The Bertz CT molecular complexity index is 1010. The lowest BCUT2D eigenvalue weighted by atomic mass is 10.2. The predicted molar refractivity (Wildman–Crippen MR) is 139 cm³/mol. The zero-order valence-corrected chi connectivity index (χ0v) is 20.7. The van der Waals surface area contributed by atoms with Crippen LogP contribution in [0.2, 0.25) is 0 Å². The van der Waals surface area contributed by atoms with Gasteiger partial charge < -0.3 is 26.2 Å². The molecule has 182 valence electrons. The van der Waals surface area contributed by atoms with Crippen LogP contribution in [0, 0.1) is 12.8 Å². The first-order valence-electron chi connectivity index (χ1n) is 12.0. The Hall–Kier alpha value is -3.39. The van der Waals surface area contributed by atoms with Crippen molar-refractivity contribution in [2.45, 2.75) is 33.6 Å². The Morgan fingerprint density at radius 1 is 1.21 bits per heavy atom. The van der Waals surface area contributed by atoms with Crippen molar-refractivity contribution in [3.05, 3.63) is 65.6 Å². The van der Waals surface area contributed by atoms with E-state index in [1.165, 1.54) is 12.8 Å². The third-order valence-electron chi connectivity index (χ3n) is 5.94. The molecule has 34 heavy (non-hydrogen) atoms. The topological polar surface area (TPSA) is 94.2 Å². The zero-order chi connectivity index (χ0) is 24.5. The highest BCUT2D eigenvalue weighted by Crippen LogP contribution is 2.36. The number of hydrogen-bond acceptors (Lipinski definition) is 7. The Morgan fingerprint density at radius 3 is 2.53 bits per heavy atom. The molecule has 1 aliphatic rings. The summed E-state index contributed by atoms with van der Waals surface area (Å²) in [6.07, 6.45) is 6.24. The van der Waals surface area contributed by atoms with Crippen LogP contribution in [0.4, 0.5) is 17.5 Å². The second kappa shape index (κ2) is 12.2. The van der Waals surface area contributed by atoms with Gasteiger partial charge in [-0.05, 0) is 74.7 Å². The Morgan fingerprint density at radius 2 is 1.91 bits per heavy atom. The molecule has 0 atom stereocenters. The minimum absolute atomic E-state index is 0.0732. The molecule has 1 aromatic heterocycles. The molecule has 0 radical (unpaired) electrons. The van der Waals surface area contributed by atoms with E-state index in [0.29, 0.717) is 29.8 Å². The maximum Gasteiger partial charge on any atom is 0.251 e. The molecule has 3 rings (SSSR count). The number of rotatable bonds is 13. The van der Waals surface area contributed by atoms with E-state index in [4.69, 9.17) is 0 Å². The van der Waals surface area contributed by atoms with E-state index in [2.05, 4.69) is 56.6 Å². The van der Waals surface area contributed by atoms with E-state index in [-0.39, 0.29) is 5.91 Å². The molecule has 1 heterocycles. The molecule has 1 saturated carbocycles. The van der Waals surface area contributed by atoms with E-state index in [1.54, 1.807) is 18.3 Å². The molecule has 0 aliphatic heterocycles. The zero-order valence-electron chi connectivity index (χ0n) is 20.7. The smallest absolute Gasteiger partial charge is 0.251 e. The van der Waals surface area contributed by atoms with Crippen LogP contribution in [-0.4, -0.2) is 54.0 Å². The van der Waals surface area contributed by atoms with Crippen LogP contribution in [0.5, 0.6) is 0 Å². The van der Waals surface area contributed by atoms with Crippen molar-refractivity contribution in [3.63, 3.8) is 0 Å². The van der Waals surface area contributed by atoms with Crippen LogP contribution < -0.4 is 21.3 Å². The number of amides is 1. The fraction of sp³-hybridized carbons (Fsp3) is 0.423. The van der Waals surface area contributed by atoms with Crippen molar-refractivity contribution in [2.24, 2.45) is 5.92 Å². The van der Waals surface area contributed by atoms with Crippen molar-refractivity contribution in [3.8, 4) is 0 Å². The van der Waals surface area contributed by atoms with Crippen molar-refractivity contribution in [1.29, 1.82) is 0 Å². The Kier molecular flexibility index (Phi) is 9.04. The van der Waals surface area contributed by atoms with E-state index >= 15 is 0 Å². The largest absolute Gasteiger partial charge is 0.375 e. The normalized spacial score (nSPS) is 13.5. The summed E-state index contributed by atoms with van der Waals surface area (Å²) in [6, 6.07) is 7.31. The van der Waals surface area contributed by atoms with Crippen LogP contribution >= 0.6 is 0 Å². The molecule has 1 aromatic carbocycles. The SMILES string of the molecule is C=C(/C=C(\NC)Nc1nc(Nc2ccc(C(=O)NCCN(CC)CC)cc2)ncc1C)C1CC1. The third kappa shape index (κ3) is 7.31. The van der Waals surface area contributed by atoms with Gasteiger partial charge in [-0.15, -0.1) is 0 Å². The number of carbonyl (C=O) groups excluding carboxylic acids is 1. The van der Waals surface area contributed by atoms with E-state index < -0.39 is 0 Å². The van der Waals surface area contributed by atoms with E-state index in [9.17, 15) is 4.79 Å².